The van der Waals surface area contributed by atoms with Crippen LogP contribution in [-0.4, -0.2) is 15.3 Å². The molecule has 0 aliphatic rings. The largest absolute Gasteiger partial charge is 0.208 e. The van der Waals surface area contributed by atoms with Crippen molar-refractivity contribution in [2.75, 3.05) is 0 Å². The van der Waals surface area contributed by atoms with Gasteiger partial charge >= 0.3 is 0 Å². The molecule has 0 N–H and O–H groups in total. The van der Waals surface area contributed by atoms with Gasteiger partial charge in [-0.3, -0.25) is 0 Å². The third-order valence-electron chi connectivity index (χ3n) is 1.04. The molecule has 3 nitrogen and oxygen atoms in total. The van der Waals surface area contributed by atoms with Gasteiger partial charge in [0.2, 0.25) is 0 Å². The van der Waals surface area contributed by atoms with Crippen LogP contribution < -0.4 is 0 Å². The van der Waals surface area contributed by atoms with Crippen molar-refractivity contribution in [3.63, 3.8) is 0 Å². The van der Waals surface area contributed by atoms with Gasteiger partial charge in [0, 0.05) is 0 Å². The van der Waals surface area contributed by atoms with Gasteiger partial charge in [-0.25, -0.2) is 4.98 Å². The second-order valence-corrected chi connectivity index (χ2v) is 2.13. The van der Waals surface area contributed by atoms with Crippen molar-refractivity contribution < 1.29 is 0 Å². The quantitative estimate of drug-likeness (QED) is 0.535. The summed E-state index contributed by atoms with van der Waals surface area (Å²) in [6, 6.07) is 5.15. The van der Waals surface area contributed by atoms with E-state index in [0.717, 1.165) is 0 Å². The molecule has 0 aliphatic heterocycles. The van der Waals surface area contributed by atoms with E-state index in [1.54, 1.807) is 18.2 Å². The van der Waals surface area contributed by atoms with Gasteiger partial charge in [-0.2, -0.15) is 9.98 Å². The summed E-state index contributed by atoms with van der Waals surface area (Å²) in [5.74, 6) is 0.938. The van der Waals surface area contributed by atoms with Crippen molar-refractivity contribution in [1.82, 2.24) is 4.98 Å². The molecule has 0 aliphatic carbocycles. The zero-order valence-corrected chi connectivity index (χ0v) is 7.52. The molecule has 0 radical (unpaired) electrons. The van der Waals surface area contributed by atoms with E-state index in [2.05, 4.69) is 49.7 Å². The van der Waals surface area contributed by atoms with Crippen LogP contribution in [0, 0.1) is 0 Å². The zero-order chi connectivity index (χ0) is 8.81. The minimum atomic E-state index is 0.469. The number of aliphatic imine (C=N–C) groups is 2. The van der Waals surface area contributed by atoms with Crippen LogP contribution in [0.1, 0.15) is 0 Å². The van der Waals surface area contributed by atoms with E-state index in [-0.39, 0.29) is 0 Å². The van der Waals surface area contributed by atoms with E-state index in [9.17, 15) is 0 Å². The van der Waals surface area contributed by atoms with Crippen LogP contribution in [0.5, 0.6) is 0 Å². The van der Waals surface area contributed by atoms with E-state index in [1.807, 2.05) is 0 Å². The molecule has 0 bridgehead atoms. The number of hydrogen-bond donors (Lipinski definition) is 0. The lowest BCUT2D eigenvalue weighted by Gasteiger charge is -1.90. The Balaban J connectivity index is 3.11. The molecule has 1 rings (SSSR count). The standard InChI is InChI=1S/C7H3N3S2/c11-4-8-6-2-1-3-7(10-6)9-5-12/h1-3H. The first-order chi connectivity index (χ1) is 5.86. The Hall–Kier alpha value is -1.25. The first-order valence-corrected chi connectivity index (χ1v) is 3.81. The van der Waals surface area contributed by atoms with Crippen molar-refractivity contribution >= 4 is 46.4 Å². The molecule has 0 saturated heterocycles. The Bertz CT molecular complexity index is 343. The number of pyridine rings is 1. The predicted molar refractivity (Wildman–Crippen MR) is 53.6 cm³/mol. The zero-order valence-electron chi connectivity index (χ0n) is 5.89. The molecule has 58 valence electrons. The SMILES string of the molecule is S=C=Nc1cccc(N=C=S)n1. The molecule has 0 unspecified atom stereocenters. The first kappa shape index (κ1) is 8.84. The smallest absolute Gasteiger partial charge is 0.164 e. The fraction of sp³-hybridized carbons (Fsp3) is 0. The van der Waals surface area contributed by atoms with E-state index < -0.39 is 0 Å². The fourth-order valence-corrected chi connectivity index (χ4v) is 0.817. The second-order valence-electron chi connectivity index (χ2n) is 1.76. The molecule has 1 aromatic rings. The summed E-state index contributed by atoms with van der Waals surface area (Å²) in [5, 5.41) is 4.42. The maximum atomic E-state index is 4.42. The molecule has 0 amide bonds. The lowest BCUT2D eigenvalue weighted by molar-refractivity contribution is 1.25. The highest BCUT2D eigenvalue weighted by atomic mass is 32.1. The van der Waals surface area contributed by atoms with Crippen LogP contribution in [-0.2, 0) is 0 Å². The molecule has 0 aromatic carbocycles. The number of nitrogens with zero attached hydrogens (tertiary/aromatic N) is 3. The number of rotatable bonds is 2. The summed E-state index contributed by atoms with van der Waals surface area (Å²) in [6.45, 7) is 0. The Morgan fingerprint density at radius 1 is 1.08 bits per heavy atom. The lowest BCUT2D eigenvalue weighted by atomic mass is 10.4. The second kappa shape index (κ2) is 4.59. The van der Waals surface area contributed by atoms with E-state index in [4.69, 9.17) is 0 Å². The number of hydrogen-bond acceptors (Lipinski definition) is 5. The van der Waals surface area contributed by atoms with Crippen molar-refractivity contribution in [2.45, 2.75) is 0 Å². The first-order valence-electron chi connectivity index (χ1n) is 2.99. The number of isothiocyanates is 2. The van der Waals surface area contributed by atoms with Gasteiger partial charge in [0.05, 0.1) is 10.3 Å². The summed E-state index contributed by atoms with van der Waals surface area (Å²) in [7, 11) is 0. The summed E-state index contributed by atoms with van der Waals surface area (Å²) in [4.78, 5) is 11.3. The monoisotopic (exact) mass is 193 g/mol. The molecule has 0 fully saturated rings. The van der Waals surface area contributed by atoms with Crippen molar-refractivity contribution in [3.8, 4) is 0 Å². The minimum absolute atomic E-state index is 0.469. The van der Waals surface area contributed by atoms with Crippen molar-refractivity contribution in [1.29, 1.82) is 0 Å². The van der Waals surface area contributed by atoms with E-state index in [1.165, 1.54) is 0 Å². The average Bonchev–Trinajstić information content (AvgIpc) is 2.06. The highest BCUT2D eigenvalue weighted by Crippen LogP contribution is 2.12. The topological polar surface area (TPSA) is 37.6 Å². The van der Waals surface area contributed by atoms with Gasteiger partial charge < -0.3 is 0 Å². The van der Waals surface area contributed by atoms with Gasteiger partial charge in [0.15, 0.2) is 11.6 Å². The molecule has 0 atom stereocenters. The third kappa shape index (κ3) is 2.42. The summed E-state index contributed by atoms with van der Waals surface area (Å²) < 4.78 is 0. The van der Waals surface area contributed by atoms with Gasteiger partial charge in [-0.1, -0.05) is 6.07 Å². The Kier molecular flexibility index (Phi) is 3.38. The Morgan fingerprint density at radius 3 is 2.00 bits per heavy atom. The normalized spacial score (nSPS) is 8.00. The molecule has 0 spiro atoms. The van der Waals surface area contributed by atoms with Crippen LogP contribution in [0.2, 0.25) is 0 Å². The van der Waals surface area contributed by atoms with Crippen LogP contribution in [0.15, 0.2) is 28.2 Å². The van der Waals surface area contributed by atoms with Crippen molar-refractivity contribution in [2.24, 2.45) is 9.98 Å². The minimum Gasteiger partial charge on any atom is -0.208 e. The molecule has 1 heterocycles. The molecule has 12 heavy (non-hydrogen) atoms. The van der Waals surface area contributed by atoms with E-state index in [0.29, 0.717) is 11.6 Å². The molecule has 0 saturated carbocycles. The molecular weight excluding hydrogens is 190 g/mol. The summed E-state index contributed by atoms with van der Waals surface area (Å²) in [6.07, 6.45) is 0. The van der Waals surface area contributed by atoms with E-state index >= 15 is 0 Å². The third-order valence-corrected chi connectivity index (χ3v) is 1.22. The maximum Gasteiger partial charge on any atom is 0.164 e. The highest BCUT2D eigenvalue weighted by molar-refractivity contribution is 7.78. The van der Waals surface area contributed by atoms with Crippen LogP contribution in [0.4, 0.5) is 11.6 Å². The summed E-state index contributed by atoms with van der Waals surface area (Å²) in [5.41, 5.74) is 0. The average molecular weight is 193 g/mol. The predicted octanol–water partition coefficient (Wildman–Crippen LogP) is 2.55. The number of thiocarbonyl (C=S) groups is 2. The van der Waals surface area contributed by atoms with Gasteiger partial charge in [0.25, 0.3) is 0 Å². The highest BCUT2D eigenvalue weighted by Gasteiger charge is 1.91. The van der Waals surface area contributed by atoms with Crippen LogP contribution in [0.25, 0.3) is 0 Å². The maximum absolute atomic E-state index is 4.42. The van der Waals surface area contributed by atoms with Crippen molar-refractivity contribution in [3.05, 3.63) is 18.2 Å². The number of aromatic nitrogens is 1. The summed E-state index contributed by atoms with van der Waals surface area (Å²) >= 11 is 8.84. The lowest BCUT2D eigenvalue weighted by Crippen LogP contribution is -1.72. The molecule has 5 heteroatoms. The fourth-order valence-electron chi connectivity index (χ4n) is 0.630. The van der Waals surface area contributed by atoms with Gasteiger partial charge in [-0.15, -0.1) is 0 Å². The molecular formula is C7H3N3S2. The van der Waals surface area contributed by atoms with Gasteiger partial charge in [0.1, 0.15) is 0 Å². The Morgan fingerprint density at radius 2 is 1.58 bits per heavy atom. The molecule has 1 aromatic heterocycles. The van der Waals surface area contributed by atoms with Crippen LogP contribution >= 0.6 is 24.4 Å². The van der Waals surface area contributed by atoms with Crippen LogP contribution in [0.3, 0.4) is 0 Å². The Labute approximate surface area is 79.9 Å². The van der Waals surface area contributed by atoms with Gasteiger partial charge in [-0.05, 0) is 36.6 Å².